The van der Waals surface area contributed by atoms with E-state index in [1.165, 1.54) is 132 Å². The molecular weight excluding hydrogens is 845 g/mol. The average Bonchev–Trinajstić information content (AvgIpc) is 3.78. The second kappa shape index (κ2) is 15.0. The third-order valence-electron chi connectivity index (χ3n) is 16.1. The molecule has 0 N–H and O–H groups in total. The first kappa shape index (κ1) is 40.6. The molecule has 2 heterocycles. The van der Waals surface area contributed by atoms with E-state index in [-0.39, 0.29) is 10.8 Å². The van der Waals surface area contributed by atoms with Crippen LogP contribution < -0.4 is 0 Å². The molecule has 2 heteroatoms. The van der Waals surface area contributed by atoms with Gasteiger partial charge in [-0.25, -0.2) is 0 Å². The summed E-state index contributed by atoms with van der Waals surface area (Å²) < 4.78 is 0. The summed E-state index contributed by atoms with van der Waals surface area (Å²) in [5, 5.41) is 9.67. The maximum atomic E-state index is 4.73. The van der Waals surface area contributed by atoms with Crippen molar-refractivity contribution in [3.8, 4) is 77.9 Å². The Morgan fingerprint density at radius 2 is 0.557 bits per heavy atom. The fourth-order valence-corrected chi connectivity index (χ4v) is 12.7. The van der Waals surface area contributed by atoms with Gasteiger partial charge in [-0.05, 0) is 157 Å². The molecule has 0 aliphatic heterocycles. The van der Waals surface area contributed by atoms with E-state index in [0.29, 0.717) is 0 Å². The molecule has 70 heavy (non-hydrogen) atoms. The number of nitrogens with zero attached hydrogens (tertiary/aromatic N) is 2. The Morgan fingerprint density at radius 3 is 0.957 bits per heavy atom. The molecule has 0 saturated carbocycles. The van der Waals surface area contributed by atoms with Gasteiger partial charge in [0.05, 0.1) is 0 Å². The first-order chi connectivity index (χ1) is 34.3. The van der Waals surface area contributed by atoms with Crippen LogP contribution in [0.4, 0.5) is 0 Å². The number of pyridine rings is 2. The third kappa shape index (κ3) is 5.80. The van der Waals surface area contributed by atoms with Crippen LogP contribution in [0.5, 0.6) is 0 Å². The molecule has 2 aliphatic carbocycles. The van der Waals surface area contributed by atoms with Gasteiger partial charge in [0.2, 0.25) is 0 Å². The van der Waals surface area contributed by atoms with Gasteiger partial charge in [0.25, 0.3) is 0 Å². The summed E-state index contributed by atoms with van der Waals surface area (Å²) in [7, 11) is 0. The molecule has 330 valence electrons. The van der Waals surface area contributed by atoms with Crippen molar-refractivity contribution in [2.24, 2.45) is 0 Å². The summed E-state index contributed by atoms with van der Waals surface area (Å²) in [6.45, 7) is 9.44. The molecule has 10 aromatic carbocycles. The van der Waals surface area contributed by atoms with Crippen LogP contribution in [-0.4, -0.2) is 9.97 Å². The van der Waals surface area contributed by atoms with Crippen molar-refractivity contribution in [3.05, 3.63) is 241 Å². The highest BCUT2D eigenvalue weighted by Crippen LogP contribution is 2.53. The topological polar surface area (TPSA) is 25.8 Å². The first-order valence-corrected chi connectivity index (χ1v) is 24.5. The van der Waals surface area contributed by atoms with E-state index in [9.17, 15) is 0 Å². The van der Waals surface area contributed by atoms with Gasteiger partial charge in [-0.2, -0.15) is 0 Å². The largest absolute Gasteiger partial charge is 0.264 e. The van der Waals surface area contributed by atoms with Gasteiger partial charge < -0.3 is 0 Å². The van der Waals surface area contributed by atoms with E-state index in [0.717, 1.165) is 10.8 Å². The zero-order valence-electron chi connectivity index (χ0n) is 39.7. The van der Waals surface area contributed by atoms with Crippen LogP contribution in [0.2, 0.25) is 0 Å². The smallest absolute Gasteiger partial charge is 0.0353 e. The molecule has 0 unspecified atom stereocenters. The summed E-state index contributed by atoms with van der Waals surface area (Å²) in [5.41, 5.74) is 22.8. The van der Waals surface area contributed by atoms with Gasteiger partial charge in [-0.3, -0.25) is 9.97 Å². The van der Waals surface area contributed by atoms with E-state index >= 15 is 0 Å². The monoisotopic (exact) mass is 892 g/mol. The molecule has 2 aromatic heterocycles. The first-order valence-electron chi connectivity index (χ1n) is 24.5. The van der Waals surface area contributed by atoms with Crippen LogP contribution in [0.25, 0.3) is 121 Å². The number of aromatic nitrogens is 2. The van der Waals surface area contributed by atoms with Crippen molar-refractivity contribution in [2.45, 2.75) is 38.5 Å². The molecule has 0 atom stereocenters. The lowest BCUT2D eigenvalue weighted by atomic mass is 9.80. The Labute approximate surface area is 408 Å². The SMILES string of the molecule is CC1(C)c2ccccc2-c2ccc(-c3c4ccccc4c(-c4ccc(-c5ccc(-c6c7ccccc7c(-c7ccc8c(c7)C(C)(C)c7ccccc7-8)c7ccncc67)cc5)cc4)c4cnccc34)cc21. The molecule has 0 saturated heterocycles. The molecule has 12 aromatic rings. The van der Waals surface area contributed by atoms with Crippen molar-refractivity contribution in [2.75, 3.05) is 0 Å². The third-order valence-corrected chi connectivity index (χ3v) is 16.1. The van der Waals surface area contributed by atoms with E-state index in [4.69, 9.17) is 9.97 Å². The van der Waals surface area contributed by atoms with Crippen LogP contribution >= 0.6 is 0 Å². The number of rotatable bonds is 5. The Hall–Kier alpha value is -8.46. The van der Waals surface area contributed by atoms with Crippen molar-refractivity contribution in [1.29, 1.82) is 0 Å². The lowest BCUT2D eigenvalue weighted by Gasteiger charge is -2.23. The highest BCUT2D eigenvalue weighted by atomic mass is 14.6. The Kier molecular flexibility index (Phi) is 8.71. The van der Waals surface area contributed by atoms with Crippen LogP contribution in [0.15, 0.2) is 219 Å². The van der Waals surface area contributed by atoms with Crippen LogP contribution in [-0.2, 0) is 10.8 Å². The van der Waals surface area contributed by atoms with Gasteiger partial charge in [0, 0.05) is 46.4 Å². The fourth-order valence-electron chi connectivity index (χ4n) is 12.7. The molecule has 0 bridgehead atoms. The van der Waals surface area contributed by atoms with Crippen LogP contribution in [0.1, 0.15) is 49.9 Å². The van der Waals surface area contributed by atoms with Gasteiger partial charge >= 0.3 is 0 Å². The normalized spacial score (nSPS) is 13.9. The van der Waals surface area contributed by atoms with Gasteiger partial charge in [-0.1, -0.05) is 198 Å². The molecule has 14 rings (SSSR count). The van der Waals surface area contributed by atoms with Crippen LogP contribution in [0, 0.1) is 0 Å². The van der Waals surface area contributed by atoms with Crippen LogP contribution in [0.3, 0.4) is 0 Å². The molecule has 0 radical (unpaired) electrons. The second-order valence-corrected chi connectivity index (χ2v) is 20.5. The maximum Gasteiger partial charge on any atom is 0.0353 e. The minimum atomic E-state index is -0.0847. The van der Waals surface area contributed by atoms with Crippen molar-refractivity contribution in [1.82, 2.24) is 9.97 Å². The van der Waals surface area contributed by atoms with Gasteiger partial charge in [0.15, 0.2) is 0 Å². The summed E-state index contributed by atoms with van der Waals surface area (Å²) in [6.07, 6.45) is 7.99. The zero-order valence-corrected chi connectivity index (χ0v) is 39.7. The molecule has 2 nitrogen and oxygen atoms in total. The summed E-state index contributed by atoms with van der Waals surface area (Å²) in [5.74, 6) is 0. The Bertz CT molecular complexity index is 3770. The molecule has 0 spiro atoms. The number of benzene rings is 10. The van der Waals surface area contributed by atoms with E-state index < -0.39 is 0 Å². The van der Waals surface area contributed by atoms with E-state index in [1.807, 2.05) is 12.4 Å². The Morgan fingerprint density at radius 1 is 0.257 bits per heavy atom. The zero-order chi connectivity index (χ0) is 46.9. The number of hydrogen-bond donors (Lipinski definition) is 0. The number of fused-ring (bicyclic) bond motifs is 10. The van der Waals surface area contributed by atoms with E-state index in [2.05, 4.69) is 234 Å². The second-order valence-electron chi connectivity index (χ2n) is 20.5. The predicted molar refractivity (Wildman–Crippen MR) is 294 cm³/mol. The van der Waals surface area contributed by atoms with Crippen molar-refractivity contribution in [3.63, 3.8) is 0 Å². The highest BCUT2D eigenvalue weighted by molar-refractivity contribution is 6.23. The fraction of sp³-hybridized carbons (Fsp3) is 0.0882. The molecule has 0 fully saturated rings. The molecule has 2 aliphatic rings. The van der Waals surface area contributed by atoms with Gasteiger partial charge in [-0.15, -0.1) is 0 Å². The molecular formula is C68H48N2. The minimum Gasteiger partial charge on any atom is -0.264 e. The number of hydrogen-bond acceptors (Lipinski definition) is 2. The quantitative estimate of drug-likeness (QED) is 0.161. The highest BCUT2D eigenvalue weighted by Gasteiger charge is 2.37. The molecule has 0 amide bonds. The summed E-state index contributed by atoms with van der Waals surface area (Å²) >= 11 is 0. The predicted octanol–water partition coefficient (Wildman–Crippen LogP) is 18.0. The van der Waals surface area contributed by atoms with Gasteiger partial charge in [0.1, 0.15) is 0 Å². The maximum absolute atomic E-state index is 4.73. The minimum absolute atomic E-state index is 0.0847. The standard InChI is InChI=1S/C68H48N2/c1-67(2)59-19-11-9-13-47(59)49-31-29-45(37-61(49)67)65-53-17-7-5-15-51(53)63(57-39-69-35-33-55(57)65)43-25-21-41(22-26-43)42-23-27-44(28-24-42)64-52-16-6-8-18-54(52)66(56-34-36-70-40-58(56)64)46-30-32-50-48-14-10-12-20-60(48)68(3,4)62(50)38-46/h5-40H,1-4H3. The summed E-state index contributed by atoms with van der Waals surface area (Å²) in [4.78, 5) is 9.45. The Balaban J connectivity index is 0.839. The van der Waals surface area contributed by atoms with Crippen molar-refractivity contribution < 1.29 is 0 Å². The van der Waals surface area contributed by atoms with Crippen molar-refractivity contribution >= 4 is 43.1 Å². The average molecular weight is 893 g/mol. The van der Waals surface area contributed by atoms with E-state index in [1.54, 1.807) is 0 Å². The summed E-state index contributed by atoms with van der Waals surface area (Å²) in [6, 6.07) is 72.4. The lowest BCUT2D eigenvalue weighted by Crippen LogP contribution is -2.14. The lowest BCUT2D eigenvalue weighted by molar-refractivity contribution is 0.660.